The summed E-state index contributed by atoms with van der Waals surface area (Å²) >= 11 is 2.69. The number of halogens is 3. The van der Waals surface area contributed by atoms with Crippen LogP contribution in [-0.4, -0.2) is 29.6 Å². The predicted molar refractivity (Wildman–Crippen MR) is 83.6 cm³/mol. The lowest BCUT2D eigenvalue weighted by atomic mass is 10.2. The van der Waals surface area contributed by atoms with Crippen LogP contribution in [0.25, 0.3) is 0 Å². The van der Waals surface area contributed by atoms with Gasteiger partial charge in [-0.1, -0.05) is 0 Å². The molecule has 10 heteroatoms. The first kappa shape index (κ1) is 18.4. The summed E-state index contributed by atoms with van der Waals surface area (Å²) in [4.78, 5) is 24.0. The first-order chi connectivity index (χ1) is 11.3. The van der Waals surface area contributed by atoms with Gasteiger partial charge in [-0.25, -0.2) is 0 Å². The van der Waals surface area contributed by atoms with Crippen LogP contribution in [0.4, 0.5) is 13.2 Å². The smallest absolute Gasteiger partial charge is 0.383 e. The number of thiophene rings is 2. The predicted octanol–water partition coefficient (Wildman–Crippen LogP) is 2.19. The topological polar surface area (TPSA) is 78.4 Å². The molecule has 3 N–H and O–H groups in total. The van der Waals surface area contributed by atoms with Crippen LogP contribution in [0.5, 0.6) is 0 Å². The molecule has 1 unspecified atom stereocenters. The van der Waals surface area contributed by atoms with Gasteiger partial charge in [0.15, 0.2) is 0 Å². The zero-order valence-electron chi connectivity index (χ0n) is 12.1. The van der Waals surface area contributed by atoms with Gasteiger partial charge in [-0.3, -0.25) is 9.59 Å². The van der Waals surface area contributed by atoms with Gasteiger partial charge in [0, 0.05) is 9.75 Å². The number of alkyl halides is 3. The molecule has 2 aromatic rings. The van der Waals surface area contributed by atoms with Crippen molar-refractivity contribution in [2.75, 3.05) is 6.54 Å². The van der Waals surface area contributed by atoms with Gasteiger partial charge < -0.3 is 15.7 Å². The van der Waals surface area contributed by atoms with Crippen molar-refractivity contribution in [2.24, 2.45) is 0 Å². The first-order valence-corrected chi connectivity index (χ1v) is 8.44. The molecule has 0 spiro atoms. The molecule has 0 aliphatic carbocycles. The second kappa shape index (κ2) is 7.77. The third kappa shape index (κ3) is 5.32. The number of rotatable bonds is 5. The van der Waals surface area contributed by atoms with Crippen molar-refractivity contribution in [3.8, 4) is 0 Å². The Hall–Kier alpha value is -1.91. The summed E-state index contributed by atoms with van der Waals surface area (Å²) in [5, 5.41) is 17.5. The largest absolute Gasteiger partial charge is 0.405 e. The Labute approximate surface area is 143 Å². The molecule has 2 aromatic heterocycles. The van der Waals surface area contributed by atoms with E-state index >= 15 is 0 Å². The minimum Gasteiger partial charge on any atom is -0.383 e. The summed E-state index contributed by atoms with van der Waals surface area (Å²) in [6, 6.07) is 5.16. The maximum absolute atomic E-state index is 12.0. The molecule has 0 saturated heterocycles. The maximum atomic E-state index is 12.0. The molecule has 2 amide bonds. The van der Waals surface area contributed by atoms with Gasteiger partial charge in [0.2, 0.25) is 0 Å². The van der Waals surface area contributed by atoms with Gasteiger partial charge >= 0.3 is 18.0 Å². The van der Waals surface area contributed by atoms with E-state index in [4.69, 9.17) is 0 Å². The molecule has 5 nitrogen and oxygen atoms in total. The van der Waals surface area contributed by atoms with Crippen molar-refractivity contribution in [1.82, 2.24) is 10.6 Å². The summed E-state index contributed by atoms with van der Waals surface area (Å²) in [5.41, 5.74) is 0.754. The molecule has 130 valence electrons. The fourth-order valence-corrected chi connectivity index (χ4v) is 3.39. The minimum atomic E-state index is -4.57. The average molecular weight is 378 g/mol. The van der Waals surface area contributed by atoms with E-state index < -0.39 is 30.6 Å². The number of aliphatic hydroxyl groups excluding tert-OH is 1. The van der Waals surface area contributed by atoms with Gasteiger partial charge in [-0.15, -0.1) is 11.3 Å². The molecule has 0 aliphatic heterocycles. The van der Waals surface area contributed by atoms with Crippen LogP contribution in [0.2, 0.25) is 0 Å². The van der Waals surface area contributed by atoms with E-state index in [9.17, 15) is 27.9 Å². The monoisotopic (exact) mass is 378 g/mol. The lowest BCUT2D eigenvalue weighted by Gasteiger charge is -2.08. The number of carbonyl (C=O) groups excluding carboxylic acids is 2. The van der Waals surface area contributed by atoms with Crippen LogP contribution in [0.1, 0.15) is 21.4 Å². The van der Waals surface area contributed by atoms with Crippen molar-refractivity contribution in [3.05, 3.63) is 44.3 Å². The molecule has 0 aromatic carbocycles. The number of hydrogen-bond acceptors (Lipinski definition) is 5. The Morgan fingerprint density at radius 1 is 1.17 bits per heavy atom. The molecule has 24 heavy (non-hydrogen) atoms. The number of aliphatic hydroxyl groups is 1. The lowest BCUT2D eigenvalue weighted by Crippen LogP contribution is -2.43. The Balaban J connectivity index is 1.84. The van der Waals surface area contributed by atoms with Crippen LogP contribution in [0.15, 0.2) is 29.0 Å². The van der Waals surface area contributed by atoms with Gasteiger partial charge in [0.1, 0.15) is 12.6 Å². The van der Waals surface area contributed by atoms with E-state index in [2.05, 4.69) is 5.32 Å². The van der Waals surface area contributed by atoms with Gasteiger partial charge in [0.05, 0.1) is 6.54 Å². The van der Waals surface area contributed by atoms with E-state index in [0.29, 0.717) is 9.75 Å². The molecule has 0 bridgehead atoms. The van der Waals surface area contributed by atoms with Crippen LogP contribution in [-0.2, 0) is 16.1 Å². The summed E-state index contributed by atoms with van der Waals surface area (Å²) in [7, 11) is 0. The zero-order chi connectivity index (χ0) is 17.7. The summed E-state index contributed by atoms with van der Waals surface area (Å²) in [5.74, 6) is -2.49. The number of amides is 2. The molecule has 0 saturated carbocycles. The second-order valence-corrected chi connectivity index (χ2v) is 6.72. The fourth-order valence-electron chi connectivity index (χ4n) is 1.74. The Morgan fingerprint density at radius 2 is 1.88 bits per heavy atom. The normalized spacial score (nSPS) is 12.7. The van der Waals surface area contributed by atoms with Crippen LogP contribution >= 0.6 is 22.7 Å². The van der Waals surface area contributed by atoms with Gasteiger partial charge in [0.25, 0.3) is 0 Å². The van der Waals surface area contributed by atoms with Crippen molar-refractivity contribution >= 4 is 34.5 Å². The molecule has 1 atom stereocenters. The average Bonchev–Trinajstić information content (AvgIpc) is 3.20. The third-order valence-corrected chi connectivity index (χ3v) is 4.73. The van der Waals surface area contributed by atoms with Crippen molar-refractivity contribution in [2.45, 2.75) is 18.8 Å². The maximum Gasteiger partial charge on any atom is 0.405 e. The Morgan fingerprint density at radius 3 is 2.50 bits per heavy atom. The van der Waals surface area contributed by atoms with E-state index in [1.807, 2.05) is 10.8 Å². The van der Waals surface area contributed by atoms with Crippen molar-refractivity contribution < 1.29 is 27.9 Å². The van der Waals surface area contributed by atoms with E-state index in [-0.39, 0.29) is 6.54 Å². The molecule has 2 heterocycles. The van der Waals surface area contributed by atoms with Gasteiger partial charge in [-0.2, -0.15) is 24.5 Å². The quantitative estimate of drug-likeness (QED) is 0.698. The minimum absolute atomic E-state index is 0.0146. The van der Waals surface area contributed by atoms with Gasteiger partial charge in [-0.05, 0) is 34.5 Å². The SMILES string of the molecule is O=C(NCc1ccc(C(O)c2ccsc2)s1)C(=O)NCC(F)(F)F. The molecular formula is C14H13F3N2O3S2. The summed E-state index contributed by atoms with van der Waals surface area (Å²) < 4.78 is 35.9. The number of carbonyl (C=O) groups is 2. The number of hydrogen-bond donors (Lipinski definition) is 3. The first-order valence-electron chi connectivity index (χ1n) is 6.68. The Bertz CT molecular complexity index is 698. The molecule has 0 aliphatic rings. The lowest BCUT2D eigenvalue weighted by molar-refractivity contribution is -0.146. The van der Waals surface area contributed by atoms with Crippen molar-refractivity contribution in [3.63, 3.8) is 0 Å². The van der Waals surface area contributed by atoms with E-state index in [0.717, 1.165) is 5.56 Å². The highest BCUT2D eigenvalue weighted by Gasteiger charge is 2.29. The Kier molecular flexibility index (Phi) is 5.97. The third-order valence-electron chi connectivity index (χ3n) is 2.89. The highest BCUT2D eigenvalue weighted by atomic mass is 32.1. The molecular weight excluding hydrogens is 365 g/mol. The van der Waals surface area contributed by atoms with E-state index in [1.54, 1.807) is 18.2 Å². The van der Waals surface area contributed by atoms with Crippen LogP contribution in [0.3, 0.4) is 0 Å². The molecule has 2 rings (SSSR count). The van der Waals surface area contributed by atoms with Crippen molar-refractivity contribution in [1.29, 1.82) is 0 Å². The molecule has 0 radical (unpaired) electrons. The number of nitrogens with one attached hydrogen (secondary N) is 2. The summed E-state index contributed by atoms with van der Waals surface area (Å²) in [6.07, 6.45) is -5.35. The van der Waals surface area contributed by atoms with E-state index in [1.165, 1.54) is 28.0 Å². The molecule has 0 fully saturated rings. The fraction of sp³-hybridized carbons (Fsp3) is 0.286. The highest BCUT2D eigenvalue weighted by Crippen LogP contribution is 2.29. The second-order valence-electron chi connectivity index (χ2n) is 4.74. The summed E-state index contributed by atoms with van der Waals surface area (Å²) in [6.45, 7) is -1.57. The van der Waals surface area contributed by atoms with Crippen LogP contribution < -0.4 is 10.6 Å². The standard InChI is InChI=1S/C14H13F3N2O3S2/c15-14(16,17)7-19-13(22)12(21)18-5-9-1-2-10(24-9)11(20)8-3-4-23-6-8/h1-4,6,11,20H,5,7H2,(H,18,21)(H,19,22). The zero-order valence-corrected chi connectivity index (χ0v) is 13.7. The van der Waals surface area contributed by atoms with Crippen LogP contribution in [0, 0.1) is 0 Å². The highest BCUT2D eigenvalue weighted by molar-refractivity contribution is 7.12.